The molecule has 0 aromatic heterocycles. The molecule has 0 bridgehead atoms. The molecule has 0 spiro atoms. The summed E-state index contributed by atoms with van der Waals surface area (Å²) >= 11 is 0. The summed E-state index contributed by atoms with van der Waals surface area (Å²) in [6.45, 7) is 9.45. The normalized spacial score (nSPS) is 18.4. The number of likely N-dealkylation sites (N-methyl/N-ethyl adjacent to an activating group) is 2. The van der Waals surface area contributed by atoms with E-state index in [9.17, 15) is 4.79 Å². The molecular weight excluding hydrogens is 230 g/mol. The summed E-state index contributed by atoms with van der Waals surface area (Å²) in [6.07, 6.45) is 0.681. The van der Waals surface area contributed by atoms with Crippen molar-refractivity contribution in [1.29, 1.82) is 0 Å². The molecule has 0 radical (unpaired) electrons. The molecule has 0 aromatic carbocycles. The van der Waals surface area contributed by atoms with Gasteiger partial charge in [-0.15, -0.1) is 0 Å². The Labute approximate surface area is 111 Å². The molecule has 0 aliphatic heterocycles. The summed E-state index contributed by atoms with van der Waals surface area (Å²) in [5, 5.41) is 3.18. The van der Waals surface area contributed by atoms with Crippen LogP contribution < -0.4 is 11.1 Å². The third kappa shape index (κ3) is 4.92. The zero-order valence-corrected chi connectivity index (χ0v) is 12.6. The second-order valence-electron chi connectivity index (χ2n) is 5.25. The zero-order valence-electron chi connectivity index (χ0n) is 12.6. The van der Waals surface area contributed by atoms with Crippen molar-refractivity contribution in [3.63, 3.8) is 0 Å². The molecule has 0 aliphatic carbocycles. The molecule has 0 heterocycles. The topological polar surface area (TPSA) is 67.6 Å². The van der Waals surface area contributed by atoms with E-state index in [1.807, 2.05) is 20.9 Å². The molecule has 0 saturated carbocycles. The van der Waals surface area contributed by atoms with Gasteiger partial charge in [0.2, 0.25) is 5.91 Å². The van der Waals surface area contributed by atoms with Gasteiger partial charge in [-0.2, -0.15) is 0 Å². The van der Waals surface area contributed by atoms with Gasteiger partial charge in [0.1, 0.15) is 0 Å². The third-order valence-electron chi connectivity index (χ3n) is 3.61. The fourth-order valence-electron chi connectivity index (χ4n) is 2.18. The lowest BCUT2D eigenvalue weighted by Crippen LogP contribution is -2.56. The Morgan fingerprint density at radius 2 is 2.00 bits per heavy atom. The number of amides is 1. The number of hydrogen-bond acceptors (Lipinski definition) is 4. The summed E-state index contributed by atoms with van der Waals surface area (Å²) in [6, 6.07) is 0.551. The maximum absolute atomic E-state index is 11.6. The Balaban J connectivity index is 4.59. The first-order chi connectivity index (χ1) is 8.28. The van der Waals surface area contributed by atoms with E-state index in [-0.39, 0.29) is 11.9 Å². The number of nitrogens with zero attached hydrogens (tertiary/aromatic N) is 1. The molecule has 0 aromatic rings. The van der Waals surface area contributed by atoms with Gasteiger partial charge in [0, 0.05) is 19.2 Å². The number of carbonyl (C=O) groups is 1. The summed E-state index contributed by atoms with van der Waals surface area (Å²) in [5.41, 5.74) is 4.84. The van der Waals surface area contributed by atoms with E-state index >= 15 is 0 Å². The summed E-state index contributed by atoms with van der Waals surface area (Å²) in [5.74, 6) is -0.302. The lowest BCUT2D eigenvalue weighted by Gasteiger charge is -2.36. The maximum Gasteiger partial charge on any atom is 0.237 e. The lowest BCUT2D eigenvalue weighted by molar-refractivity contribution is -0.124. The Bertz CT molecular complexity index is 261. The van der Waals surface area contributed by atoms with Gasteiger partial charge in [0.05, 0.1) is 12.1 Å². The number of nitrogens with two attached hydrogens (primary N) is 1. The molecule has 18 heavy (non-hydrogen) atoms. The molecular formula is C13H29N3O2. The highest BCUT2D eigenvalue weighted by atomic mass is 16.5. The van der Waals surface area contributed by atoms with Crippen molar-refractivity contribution >= 4 is 5.91 Å². The first-order valence-corrected chi connectivity index (χ1v) is 6.54. The standard InChI is InChI=1S/C13H29N3O2/c1-7-15-13(4,12(14)17)8-10(2)16(5)11(3)9-18-6/h10-11,15H,7-9H2,1-6H3,(H2,14,17). The molecule has 0 rings (SSSR count). The Morgan fingerprint density at radius 3 is 2.39 bits per heavy atom. The first kappa shape index (κ1) is 17.4. The van der Waals surface area contributed by atoms with Crippen LogP contribution in [0.1, 0.15) is 34.1 Å². The van der Waals surface area contributed by atoms with Crippen LogP contribution in [0, 0.1) is 0 Å². The fraction of sp³-hybridized carbons (Fsp3) is 0.923. The second-order valence-corrected chi connectivity index (χ2v) is 5.25. The van der Waals surface area contributed by atoms with Crippen LogP contribution in [0.3, 0.4) is 0 Å². The number of methoxy groups -OCH3 is 1. The second kappa shape index (κ2) is 7.71. The first-order valence-electron chi connectivity index (χ1n) is 6.54. The van der Waals surface area contributed by atoms with E-state index in [2.05, 4.69) is 24.1 Å². The molecule has 108 valence electrons. The van der Waals surface area contributed by atoms with Gasteiger partial charge in [0.25, 0.3) is 0 Å². The van der Waals surface area contributed by atoms with Gasteiger partial charge in [-0.3, -0.25) is 9.69 Å². The van der Waals surface area contributed by atoms with Crippen LogP contribution in [-0.2, 0) is 9.53 Å². The van der Waals surface area contributed by atoms with E-state index in [4.69, 9.17) is 10.5 Å². The van der Waals surface area contributed by atoms with Crippen molar-refractivity contribution in [3.8, 4) is 0 Å². The van der Waals surface area contributed by atoms with Crippen LogP contribution >= 0.6 is 0 Å². The molecule has 5 nitrogen and oxygen atoms in total. The van der Waals surface area contributed by atoms with Crippen molar-refractivity contribution in [3.05, 3.63) is 0 Å². The Morgan fingerprint density at radius 1 is 1.44 bits per heavy atom. The van der Waals surface area contributed by atoms with Crippen LogP contribution in [0.2, 0.25) is 0 Å². The van der Waals surface area contributed by atoms with Crippen molar-refractivity contribution in [2.75, 3.05) is 27.3 Å². The average molecular weight is 259 g/mol. The minimum atomic E-state index is -0.658. The van der Waals surface area contributed by atoms with Gasteiger partial charge in [-0.25, -0.2) is 0 Å². The highest BCUT2D eigenvalue weighted by Gasteiger charge is 2.33. The van der Waals surface area contributed by atoms with Gasteiger partial charge in [-0.1, -0.05) is 6.92 Å². The van der Waals surface area contributed by atoms with Crippen LogP contribution in [0.5, 0.6) is 0 Å². The molecule has 3 unspecified atom stereocenters. The number of carbonyl (C=O) groups excluding carboxylic acids is 1. The predicted octanol–water partition coefficient (Wildman–Crippen LogP) is 0.585. The van der Waals surface area contributed by atoms with Gasteiger partial charge in [-0.05, 0) is 40.8 Å². The van der Waals surface area contributed by atoms with Crippen molar-refractivity contribution in [2.45, 2.75) is 51.7 Å². The monoisotopic (exact) mass is 259 g/mol. The van der Waals surface area contributed by atoms with Gasteiger partial charge >= 0.3 is 0 Å². The lowest BCUT2D eigenvalue weighted by atomic mass is 9.91. The summed E-state index contributed by atoms with van der Waals surface area (Å²) in [4.78, 5) is 13.8. The van der Waals surface area contributed by atoms with E-state index in [0.29, 0.717) is 19.1 Å². The molecule has 0 fully saturated rings. The number of hydrogen-bond donors (Lipinski definition) is 2. The number of nitrogens with one attached hydrogen (secondary N) is 1. The molecule has 3 N–H and O–H groups in total. The van der Waals surface area contributed by atoms with Gasteiger partial charge < -0.3 is 15.8 Å². The Kier molecular flexibility index (Phi) is 7.43. The number of ether oxygens (including phenoxy) is 1. The third-order valence-corrected chi connectivity index (χ3v) is 3.61. The Hall–Kier alpha value is -0.650. The minimum Gasteiger partial charge on any atom is -0.383 e. The molecule has 0 aliphatic rings. The van der Waals surface area contributed by atoms with Crippen molar-refractivity contribution in [2.24, 2.45) is 5.73 Å². The maximum atomic E-state index is 11.6. The molecule has 1 amide bonds. The molecule has 5 heteroatoms. The van der Waals surface area contributed by atoms with E-state index in [0.717, 1.165) is 6.54 Å². The van der Waals surface area contributed by atoms with E-state index in [1.165, 1.54) is 0 Å². The fourth-order valence-corrected chi connectivity index (χ4v) is 2.18. The highest BCUT2D eigenvalue weighted by Crippen LogP contribution is 2.17. The smallest absolute Gasteiger partial charge is 0.237 e. The molecule has 3 atom stereocenters. The average Bonchev–Trinajstić information content (AvgIpc) is 2.28. The predicted molar refractivity (Wildman–Crippen MR) is 74.5 cm³/mol. The van der Waals surface area contributed by atoms with Gasteiger partial charge in [0.15, 0.2) is 0 Å². The van der Waals surface area contributed by atoms with E-state index < -0.39 is 5.54 Å². The largest absolute Gasteiger partial charge is 0.383 e. The number of rotatable bonds is 9. The summed E-state index contributed by atoms with van der Waals surface area (Å²) < 4.78 is 5.15. The zero-order chi connectivity index (χ0) is 14.3. The highest BCUT2D eigenvalue weighted by molar-refractivity contribution is 5.84. The van der Waals surface area contributed by atoms with Crippen LogP contribution in [-0.4, -0.2) is 55.7 Å². The SMILES string of the molecule is CCNC(C)(CC(C)N(C)C(C)COC)C(N)=O. The van der Waals surface area contributed by atoms with Crippen molar-refractivity contribution < 1.29 is 9.53 Å². The van der Waals surface area contributed by atoms with Crippen LogP contribution in [0.25, 0.3) is 0 Å². The quantitative estimate of drug-likeness (QED) is 0.636. The van der Waals surface area contributed by atoms with E-state index in [1.54, 1.807) is 7.11 Å². The summed E-state index contributed by atoms with van der Waals surface area (Å²) in [7, 11) is 3.74. The van der Waals surface area contributed by atoms with Crippen LogP contribution in [0.4, 0.5) is 0 Å². The van der Waals surface area contributed by atoms with Crippen LogP contribution in [0.15, 0.2) is 0 Å². The van der Waals surface area contributed by atoms with Crippen molar-refractivity contribution in [1.82, 2.24) is 10.2 Å². The molecule has 0 saturated heterocycles. The minimum absolute atomic E-state index is 0.242. The number of primary amides is 1.